The Morgan fingerprint density at radius 2 is 1.37 bits per heavy atom. The van der Waals surface area contributed by atoms with Crippen LogP contribution < -0.4 is 20.3 Å². The molecule has 0 saturated heterocycles. The van der Waals surface area contributed by atoms with Gasteiger partial charge in [0.1, 0.15) is 17.7 Å². The molecule has 0 unspecified atom stereocenters. The third-order valence-corrected chi connectivity index (χ3v) is 10.8. The summed E-state index contributed by atoms with van der Waals surface area (Å²) >= 11 is 0. The van der Waals surface area contributed by atoms with Gasteiger partial charge in [-0.25, -0.2) is 0 Å². The van der Waals surface area contributed by atoms with E-state index in [1.807, 2.05) is 61.5 Å². The van der Waals surface area contributed by atoms with Gasteiger partial charge in [-0.15, -0.1) is 13.2 Å². The number of ether oxygens (including phenoxy) is 1. The first-order valence-electron chi connectivity index (χ1n) is 18.5. The Morgan fingerprint density at radius 3 is 2.00 bits per heavy atom. The number of carbonyl (C=O) groups is 2. The van der Waals surface area contributed by atoms with Gasteiger partial charge < -0.3 is 20.3 Å². The van der Waals surface area contributed by atoms with Gasteiger partial charge >= 0.3 is 12.5 Å². The van der Waals surface area contributed by atoms with Gasteiger partial charge in [-0.05, 0) is 95.5 Å². The lowest BCUT2D eigenvalue weighted by Crippen LogP contribution is -2.47. The molecule has 6 nitrogen and oxygen atoms in total. The molecule has 2 aliphatic rings. The van der Waals surface area contributed by atoms with Crippen LogP contribution >= 0.6 is 0 Å². The zero-order chi connectivity index (χ0) is 40.5. The fourth-order valence-corrected chi connectivity index (χ4v) is 8.12. The molecule has 1 aliphatic carbocycles. The van der Waals surface area contributed by atoms with Crippen LogP contribution in [-0.4, -0.2) is 37.4 Å². The number of anilines is 2. The maximum Gasteiger partial charge on any atom is 0.573 e. The van der Waals surface area contributed by atoms with E-state index in [0.717, 1.165) is 28.0 Å². The minimum atomic E-state index is -4.83. The average molecular weight is 784 g/mol. The lowest BCUT2D eigenvalue weighted by atomic mass is 9.73. The summed E-state index contributed by atoms with van der Waals surface area (Å²) in [5, 5.41) is 5.28. The number of hydrogen-bond acceptors (Lipinski definition) is 4. The van der Waals surface area contributed by atoms with Crippen molar-refractivity contribution in [3.8, 4) is 28.0 Å². The Kier molecular flexibility index (Phi) is 10.6. The van der Waals surface area contributed by atoms with Crippen LogP contribution in [0.15, 0.2) is 127 Å². The number of hydrogen-bond donors (Lipinski definition) is 2. The largest absolute Gasteiger partial charge is 0.573 e. The summed E-state index contributed by atoms with van der Waals surface area (Å²) < 4.78 is 82.3. The lowest BCUT2D eigenvalue weighted by Gasteiger charge is -2.34. The average Bonchev–Trinajstić information content (AvgIpc) is 3.47. The highest BCUT2D eigenvalue weighted by Crippen LogP contribution is 2.52. The highest BCUT2D eigenvalue weighted by atomic mass is 19.4. The van der Waals surface area contributed by atoms with Crippen LogP contribution in [0.4, 0.5) is 37.7 Å². The molecule has 2 amide bonds. The SMILES string of the molecule is CC1=CN(CCCCC2(C(=O)NCC(F)(F)F)c3ccccc3-c3ccccc32)c2cccc(NC(=O)c3ccccc3-c3ccc(OC(F)(F)F)cc3)c2[C@H]1C. The summed E-state index contributed by atoms with van der Waals surface area (Å²) in [6, 6.07) is 32.6. The van der Waals surface area contributed by atoms with Crippen LogP contribution in [0.3, 0.4) is 0 Å². The zero-order valence-electron chi connectivity index (χ0n) is 31.1. The second-order valence-corrected chi connectivity index (χ2v) is 14.3. The molecule has 57 heavy (non-hydrogen) atoms. The number of benzene rings is 5. The maximum atomic E-state index is 14.0. The van der Waals surface area contributed by atoms with E-state index < -0.39 is 36.3 Å². The second kappa shape index (κ2) is 15.5. The van der Waals surface area contributed by atoms with E-state index in [1.165, 1.54) is 24.3 Å². The fraction of sp³-hybridized carbons (Fsp3) is 0.244. The number of rotatable bonds is 11. The topological polar surface area (TPSA) is 70.7 Å². The molecule has 0 fully saturated rings. The Bertz CT molecular complexity index is 2290. The first kappa shape index (κ1) is 39.2. The maximum absolute atomic E-state index is 14.0. The van der Waals surface area contributed by atoms with Gasteiger partial charge in [-0.1, -0.05) is 91.9 Å². The number of allylic oxidation sites excluding steroid dienone is 1. The molecular formula is C45H39F6N3O3. The summed E-state index contributed by atoms with van der Waals surface area (Å²) in [5.41, 5.74) is 6.57. The summed E-state index contributed by atoms with van der Waals surface area (Å²) in [7, 11) is 0. The summed E-state index contributed by atoms with van der Waals surface area (Å²) in [4.78, 5) is 30.0. The molecular weight excluding hydrogens is 745 g/mol. The molecule has 7 rings (SSSR count). The van der Waals surface area contributed by atoms with Gasteiger partial charge in [0.25, 0.3) is 5.91 Å². The molecule has 2 N–H and O–H groups in total. The van der Waals surface area contributed by atoms with Gasteiger partial charge in [0, 0.05) is 41.2 Å². The molecule has 0 aromatic heterocycles. The summed E-state index contributed by atoms with van der Waals surface area (Å²) in [5.74, 6) is -1.51. The molecule has 294 valence electrons. The van der Waals surface area contributed by atoms with Gasteiger partial charge in [0.2, 0.25) is 5.91 Å². The van der Waals surface area contributed by atoms with E-state index in [-0.39, 0.29) is 18.1 Å². The van der Waals surface area contributed by atoms with E-state index in [2.05, 4.69) is 33.4 Å². The Morgan fingerprint density at radius 1 is 0.754 bits per heavy atom. The number of halogens is 6. The van der Waals surface area contributed by atoms with Crippen molar-refractivity contribution in [2.45, 2.75) is 57.0 Å². The first-order chi connectivity index (χ1) is 27.2. The summed E-state index contributed by atoms with van der Waals surface area (Å²) in [6.07, 6.45) is -5.92. The third kappa shape index (κ3) is 7.99. The molecule has 0 radical (unpaired) electrons. The predicted molar refractivity (Wildman–Crippen MR) is 208 cm³/mol. The van der Waals surface area contributed by atoms with E-state index in [4.69, 9.17) is 0 Å². The third-order valence-electron chi connectivity index (χ3n) is 10.8. The van der Waals surface area contributed by atoms with Crippen molar-refractivity contribution < 1.29 is 40.7 Å². The van der Waals surface area contributed by atoms with Crippen LogP contribution in [0.5, 0.6) is 5.75 Å². The Hall–Kier alpha value is -6.04. The Balaban J connectivity index is 1.11. The standard InChI is InChI=1S/C45H39F6N3O3/c1-28-26-54(25-10-9-24-43(42(56)52-27-44(46,47)48)36-16-7-5-13-33(36)34-14-6-8-17-37(34)43)39-19-11-18-38(40(39)29(28)2)53-41(55)35-15-4-3-12-32(35)30-20-22-31(23-21-30)57-45(49,50)51/h3-8,11-23,26,29H,9-10,24-25,27H2,1-2H3,(H,52,56)(H,53,55)/t29-/m0/s1. The molecule has 5 aromatic rings. The van der Waals surface area contributed by atoms with Crippen molar-refractivity contribution in [2.75, 3.05) is 23.3 Å². The van der Waals surface area contributed by atoms with Crippen LogP contribution in [0.25, 0.3) is 22.3 Å². The van der Waals surface area contributed by atoms with Crippen LogP contribution in [0.2, 0.25) is 0 Å². The molecule has 1 aliphatic heterocycles. The van der Waals surface area contributed by atoms with Crippen LogP contribution in [0.1, 0.15) is 66.1 Å². The van der Waals surface area contributed by atoms with Crippen molar-refractivity contribution in [3.63, 3.8) is 0 Å². The molecule has 0 bridgehead atoms. The van der Waals surface area contributed by atoms with E-state index in [0.29, 0.717) is 52.9 Å². The molecule has 0 spiro atoms. The van der Waals surface area contributed by atoms with Crippen molar-refractivity contribution in [1.29, 1.82) is 0 Å². The van der Waals surface area contributed by atoms with E-state index in [9.17, 15) is 35.9 Å². The molecule has 0 saturated carbocycles. The van der Waals surface area contributed by atoms with Gasteiger partial charge in [-0.2, -0.15) is 13.2 Å². The number of amides is 2. The number of unbranched alkanes of at least 4 members (excludes halogenated alkanes) is 1. The normalized spacial score (nSPS) is 15.5. The number of nitrogens with zero attached hydrogens (tertiary/aromatic N) is 1. The minimum Gasteiger partial charge on any atom is -0.406 e. The predicted octanol–water partition coefficient (Wildman–Crippen LogP) is 11.1. The van der Waals surface area contributed by atoms with Crippen molar-refractivity contribution >= 4 is 23.2 Å². The van der Waals surface area contributed by atoms with Crippen LogP contribution in [-0.2, 0) is 10.2 Å². The molecule has 1 heterocycles. The van der Waals surface area contributed by atoms with Crippen LogP contribution in [0, 0.1) is 0 Å². The number of alkyl halides is 6. The number of fused-ring (bicyclic) bond motifs is 4. The number of carbonyl (C=O) groups excluding carboxylic acids is 2. The monoisotopic (exact) mass is 783 g/mol. The van der Waals surface area contributed by atoms with E-state index in [1.54, 1.807) is 36.4 Å². The minimum absolute atomic E-state index is 0.0590. The molecule has 1 atom stereocenters. The highest BCUT2D eigenvalue weighted by Gasteiger charge is 2.49. The van der Waals surface area contributed by atoms with Gasteiger partial charge in [0.15, 0.2) is 0 Å². The molecule has 12 heteroatoms. The second-order valence-electron chi connectivity index (χ2n) is 14.3. The Labute approximate surface area is 326 Å². The quantitative estimate of drug-likeness (QED) is 0.103. The van der Waals surface area contributed by atoms with Crippen molar-refractivity contribution in [2.24, 2.45) is 0 Å². The molecule has 5 aromatic carbocycles. The van der Waals surface area contributed by atoms with Crippen molar-refractivity contribution in [1.82, 2.24) is 5.32 Å². The fourth-order valence-electron chi connectivity index (χ4n) is 8.12. The van der Waals surface area contributed by atoms with Crippen molar-refractivity contribution in [3.05, 3.63) is 149 Å². The summed E-state index contributed by atoms with van der Waals surface area (Å²) in [6.45, 7) is 3.17. The smallest absolute Gasteiger partial charge is 0.406 e. The number of nitrogens with one attached hydrogen (secondary N) is 2. The zero-order valence-corrected chi connectivity index (χ0v) is 31.1. The first-order valence-corrected chi connectivity index (χ1v) is 18.5. The van der Waals surface area contributed by atoms with Gasteiger partial charge in [0.05, 0.1) is 0 Å². The lowest BCUT2D eigenvalue weighted by molar-refractivity contribution is -0.274. The highest BCUT2D eigenvalue weighted by molar-refractivity contribution is 6.09. The van der Waals surface area contributed by atoms with Gasteiger partial charge in [-0.3, -0.25) is 9.59 Å². The van der Waals surface area contributed by atoms with E-state index >= 15 is 0 Å².